The van der Waals surface area contributed by atoms with Crippen molar-refractivity contribution in [3.63, 3.8) is 0 Å². The van der Waals surface area contributed by atoms with Crippen molar-refractivity contribution < 1.29 is 20.1 Å². The summed E-state index contributed by atoms with van der Waals surface area (Å²) < 4.78 is 0. The van der Waals surface area contributed by atoms with Crippen LogP contribution in [-0.4, -0.2) is 33.5 Å². The SMILES string of the molecule is CC1=C2CCC3C(C)(CCC4(C)C5CC(C)(C(=O)O)CCC5(C)CCC34C)C2CC(O)C1O. The van der Waals surface area contributed by atoms with Crippen LogP contribution in [0, 0.1) is 44.8 Å². The largest absolute Gasteiger partial charge is 0.481 e. The van der Waals surface area contributed by atoms with Gasteiger partial charge in [0.15, 0.2) is 0 Å². The van der Waals surface area contributed by atoms with Crippen LogP contribution in [0.2, 0.25) is 0 Å². The molecular formula is C29H46O4. The Kier molecular flexibility index (Phi) is 5.13. The lowest BCUT2D eigenvalue weighted by atomic mass is 9.31. The van der Waals surface area contributed by atoms with E-state index in [0.29, 0.717) is 24.2 Å². The number of rotatable bonds is 1. The number of carboxylic acids is 1. The van der Waals surface area contributed by atoms with Crippen molar-refractivity contribution in [2.24, 2.45) is 44.8 Å². The molecule has 0 heterocycles. The van der Waals surface area contributed by atoms with Gasteiger partial charge in [-0.2, -0.15) is 0 Å². The van der Waals surface area contributed by atoms with Crippen molar-refractivity contribution in [2.45, 2.75) is 118 Å². The van der Waals surface area contributed by atoms with Gasteiger partial charge in [0.1, 0.15) is 6.10 Å². The molecule has 0 bridgehead atoms. The summed E-state index contributed by atoms with van der Waals surface area (Å²) in [6.07, 6.45) is 8.92. The topological polar surface area (TPSA) is 77.8 Å². The lowest BCUT2D eigenvalue weighted by Gasteiger charge is -2.73. The Morgan fingerprint density at radius 1 is 0.879 bits per heavy atom. The molecule has 4 saturated carbocycles. The standard InChI is InChI=1S/C29H46O4/c1-17-18-7-8-21-27(4,19(18)15-20(30)23(17)31)12-14-29(6)22-16-26(3,24(32)33)10-9-25(22,2)11-13-28(21,29)5/h19-23,30-31H,7-16H2,1-6H3,(H,32,33). The molecule has 5 aliphatic rings. The summed E-state index contributed by atoms with van der Waals surface area (Å²) >= 11 is 0. The molecule has 4 fully saturated rings. The molecule has 0 saturated heterocycles. The molecule has 4 nitrogen and oxygen atoms in total. The van der Waals surface area contributed by atoms with Crippen LogP contribution < -0.4 is 0 Å². The van der Waals surface area contributed by atoms with Crippen LogP contribution in [0.25, 0.3) is 0 Å². The molecule has 5 aliphatic carbocycles. The first-order chi connectivity index (χ1) is 15.2. The van der Waals surface area contributed by atoms with Crippen LogP contribution in [-0.2, 0) is 4.79 Å². The highest BCUT2D eigenvalue weighted by Crippen LogP contribution is 2.77. The van der Waals surface area contributed by atoms with E-state index in [-0.39, 0.29) is 21.7 Å². The van der Waals surface area contributed by atoms with E-state index in [1.165, 1.54) is 18.4 Å². The maximum absolute atomic E-state index is 12.3. The predicted octanol–water partition coefficient (Wildman–Crippen LogP) is 5.96. The molecule has 0 aromatic rings. The molecule has 5 rings (SSSR count). The minimum absolute atomic E-state index is 0.142. The molecular weight excluding hydrogens is 412 g/mol. The van der Waals surface area contributed by atoms with E-state index in [9.17, 15) is 20.1 Å². The Bertz CT molecular complexity index is 894. The number of aliphatic hydroxyl groups excluding tert-OH is 2. The molecule has 0 radical (unpaired) electrons. The first-order valence-electron chi connectivity index (χ1n) is 13.5. The molecule has 10 unspecified atom stereocenters. The van der Waals surface area contributed by atoms with Gasteiger partial charge in [-0.25, -0.2) is 0 Å². The van der Waals surface area contributed by atoms with Crippen molar-refractivity contribution in [1.82, 2.24) is 0 Å². The first-order valence-corrected chi connectivity index (χ1v) is 13.5. The average molecular weight is 459 g/mol. The summed E-state index contributed by atoms with van der Waals surface area (Å²) in [5, 5.41) is 31.3. The number of aliphatic hydroxyl groups is 2. The third kappa shape index (κ3) is 2.92. The third-order valence-electron chi connectivity index (χ3n) is 13.0. The number of carboxylic acid groups (broad SMARTS) is 1. The van der Waals surface area contributed by atoms with E-state index < -0.39 is 23.6 Å². The third-order valence-corrected chi connectivity index (χ3v) is 13.0. The maximum atomic E-state index is 12.3. The summed E-state index contributed by atoms with van der Waals surface area (Å²) in [5.74, 6) is 0.773. The number of allylic oxidation sites excluding steroid dienone is 1. The molecule has 3 N–H and O–H groups in total. The maximum Gasteiger partial charge on any atom is 0.309 e. The number of hydrogen-bond donors (Lipinski definition) is 3. The predicted molar refractivity (Wildman–Crippen MR) is 130 cm³/mol. The highest BCUT2D eigenvalue weighted by atomic mass is 16.4. The van der Waals surface area contributed by atoms with E-state index in [1.807, 2.05) is 13.8 Å². The normalized spacial score (nSPS) is 56.3. The number of carbonyl (C=O) groups is 1. The Hall–Kier alpha value is -0.870. The zero-order chi connectivity index (χ0) is 24.2. The summed E-state index contributed by atoms with van der Waals surface area (Å²) in [5.41, 5.74) is 2.57. The smallest absolute Gasteiger partial charge is 0.309 e. The highest BCUT2D eigenvalue weighted by molar-refractivity contribution is 5.74. The quantitative estimate of drug-likeness (QED) is 0.424. The van der Waals surface area contributed by atoms with Crippen LogP contribution in [0.3, 0.4) is 0 Å². The Labute approximate surface area is 200 Å². The van der Waals surface area contributed by atoms with E-state index in [2.05, 4.69) is 27.7 Å². The van der Waals surface area contributed by atoms with Crippen molar-refractivity contribution in [2.75, 3.05) is 0 Å². The van der Waals surface area contributed by atoms with Gasteiger partial charge in [-0.3, -0.25) is 4.79 Å². The van der Waals surface area contributed by atoms with Crippen molar-refractivity contribution in [1.29, 1.82) is 0 Å². The van der Waals surface area contributed by atoms with Gasteiger partial charge in [-0.15, -0.1) is 0 Å². The van der Waals surface area contributed by atoms with Gasteiger partial charge >= 0.3 is 5.97 Å². The molecule has 4 heteroatoms. The monoisotopic (exact) mass is 458 g/mol. The number of fused-ring (bicyclic) bond motifs is 7. The van der Waals surface area contributed by atoms with Crippen LogP contribution >= 0.6 is 0 Å². The van der Waals surface area contributed by atoms with E-state index in [0.717, 1.165) is 50.5 Å². The fraction of sp³-hybridized carbons (Fsp3) is 0.897. The lowest BCUT2D eigenvalue weighted by molar-refractivity contribution is -0.236. The average Bonchev–Trinajstić information content (AvgIpc) is 2.75. The van der Waals surface area contributed by atoms with E-state index >= 15 is 0 Å². The van der Waals surface area contributed by atoms with Crippen molar-refractivity contribution in [3.05, 3.63) is 11.1 Å². The second kappa shape index (κ2) is 7.09. The van der Waals surface area contributed by atoms with Gasteiger partial charge in [0.05, 0.1) is 11.5 Å². The summed E-state index contributed by atoms with van der Waals surface area (Å²) in [6, 6.07) is 0. The molecule has 0 amide bonds. The zero-order valence-electron chi connectivity index (χ0n) is 21.7. The zero-order valence-corrected chi connectivity index (χ0v) is 21.7. The second-order valence-corrected chi connectivity index (χ2v) is 14.2. The molecule has 0 spiro atoms. The molecule has 0 aliphatic heterocycles. The molecule has 33 heavy (non-hydrogen) atoms. The fourth-order valence-corrected chi connectivity index (χ4v) is 10.4. The van der Waals surface area contributed by atoms with E-state index in [4.69, 9.17) is 0 Å². The van der Waals surface area contributed by atoms with Gasteiger partial charge in [0.2, 0.25) is 0 Å². The van der Waals surface area contributed by atoms with Crippen LogP contribution in [0.5, 0.6) is 0 Å². The van der Waals surface area contributed by atoms with Crippen molar-refractivity contribution >= 4 is 5.97 Å². The first kappa shape index (κ1) is 23.9. The van der Waals surface area contributed by atoms with E-state index in [1.54, 1.807) is 0 Å². The van der Waals surface area contributed by atoms with Gasteiger partial charge < -0.3 is 15.3 Å². The number of aliphatic carboxylic acids is 1. The Morgan fingerprint density at radius 3 is 2.15 bits per heavy atom. The van der Waals surface area contributed by atoms with Gasteiger partial charge in [-0.1, -0.05) is 33.3 Å². The summed E-state index contributed by atoms with van der Waals surface area (Å²) in [4.78, 5) is 12.3. The van der Waals surface area contributed by atoms with Crippen LogP contribution in [0.4, 0.5) is 0 Å². The second-order valence-electron chi connectivity index (χ2n) is 14.2. The van der Waals surface area contributed by atoms with Crippen molar-refractivity contribution in [3.8, 4) is 0 Å². The Morgan fingerprint density at radius 2 is 1.48 bits per heavy atom. The molecule has 10 atom stereocenters. The molecule has 0 aromatic heterocycles. The molecule has 186 valence electrons. The highest BCUT2D eigenvalue weighted by Gasteiger charge is 2.69. The van der Waals surface area contributed by atoms with Gasteiger partial charge in [0.25, 0.3) is 0 Å². The molecule has 0 aromatic carbocycles. The summed E-state index contributed by atoms with van der Waals surface area (Å²) in [7, 11) is 0. The van der Waals surface area contributed by atoms with Gasteiger partial charge in [0, 0.05) is 0 Å². The van der Waals surface area contributed by atoms with Crippen LogP contribution in [0.15, 0.2) is 11.1 Å². The minimum Gasteiger partial charge on any atom is -0.481 e. The van der Waals surface area contributed by atoms with Gasteiger partial charge in [-0.05, 0) is 123 Å². The fourth-order valence-electron chi connectivity index (χ4n) is 10.4. The Balaban J connectivity index is 1.55. The number of hydrogen-bond acceptors (Lipinski definition) is 3. The summed E-state index contributed by atoms with van der Waals surface area (Å²) in [6.45, 7) is 14.1. The lowest BCUT2D eigenvalue weighted by Crippen LogP contribution is -2.66. The van der Waals surface area contributed by atoms with Crippen LogP contribution in [0.1, 0.15) is 106 Å². The minimum atomic E-state index is -0.702.